The van der Waals surface area contributed by atoms with Crippen LogP contribution in [0, 0.1) is 19.7 Å². The van der Waals surface area contributed by atoms with Gasteiger partial charge >= 0.3 is 5.97 Å². The first-order valence-electron chi connectivity index (χ1n) is 10.2. The molecule has 3 aromatic carbocycles. The van der Waals surface area contributed by atoms with Crippen molar-refractivity contribution in [2.75, 3.05) is 7.11 Å². The van der Waals surface area contributed by atoms with Gasteiger partial charge in [-0.1, -0.05) is 29.3 Å². The summed E-state index contributed by atoms with van der Waals surface area (Å²) in [6.07, 6.45) is 2.96. The second-order valence-corrected chi connectivity index (χ2v) is 8.69. The van der Waals surface area contributed by atoms with Crippen LogP contribution in [-0.2, 0) is 9.53 Å². The highest BCUT2D eigenvalue weighted by Crippen LogP contribution is 2.42. The Morgan fingerprint density at radius 2 is 1.64 bits per heavy atom. The van der Waals surface area contributed by atoms with E-state index in [4.69, 9.17) is 4.74 Å². The van der Waals surface area contributed by atoms with E-state index in [1.807, 2.05) is 32.0 Å². The smallest absolute Gasteiger partial charge is 0.330 e. The lowest BCUT2D eigenvalue weighted by Crippen LogP contribution is -2.02. The van der Waals surface area contributed by atoms with E-state index in [-0.39, 0.29) is 11.6 Å². The van der Waals surface area contributed by atoms with Crippen molar-refractivity contribution in [3.8, 4) is 11.5 Å². The lowest BCUT2D eigenvalue weighted by atomic mass is 10.0. The van der Waals surface area contributed by atoms with Crippen LogP contribution in [0.2, 0.25) is 0 Å². The number of methoxy groups -OCH3 is 1. The van der Waals surface area contributed by atoms with Gasteiger partial charge in [-0.2, -0.15) is 0 Å². The van der Waals surface area contributed by atoms with E-state index in [0.717, 1.165) is 16.7 Å². The Bertz CT molecular complexity index is 1360. The van der Waals surface area contributed by atoms with Crippen molar-refractivity contribution in [3.63, 3.8) is 0 Å². The highest BCUT2D eigenvalue weighted by Gasteiger charge is 2.22. The summed E-state index contributed by atoms with van der Waals surface area (Å²) in [5.41, 5.74) is 3.33. The third kappa shape index (κ3) is 5.02. The van der Waals surface area contributed by atoms with Crippen LogP contribution >= 0.6 is 11.3 Å². The average Bonchev–Trinajstić information content (AvgIpc) is 3.14. The normalized spacial score (nSPS) is 11.2. The topological polar surface area (TPSA) is 52.6 Å². The minimum absolute atomic E-state index is 0.170. The third-order valence-electron chi connectivity index (χ3n) is 5.01. The number of carbonyl (C=O) groups is 2. The molecule has 4 rings (SSSR count). The number of carbonyl (C=O) groups excluding carboxylic acids is 2. The monoisotopic (exact) mass is 460 g/mol. The molecule has 1 heterocycles. The first-order chi connectivity index (χ1) is 15.8. The second-order valence-electron chi connectivity index (χ2n) is 7.63. The van der Waals surface area contributed by atoms with Crippen molar-refractivity contribution in [1.82, 2.24) is 0 Å². The Kier molecular flexibility index (Phi) is 6.38. The number of thiophene rings is 1. The van der Waals surface area contributed by atoms with E-state index in [1.54, 1.807) is 36.4 Å². The molecule has 0 spiro atoms. The van der Waals surface area contributed by atoms with E-state index >= 15 is 0 Å². The van der Waals surface area contributed by atoms with Gasteiger partial charge in [0, 0.05) is 21.7 Å². The molecule has 166 valence electrons. The van der Waals surface area contributed by atoms with E-state index in [9.17, 15) is 14.0 Å². The quantitative estimate of drug-likeness (QED) is 0.179. The molecule has 4 nitrogen and oxygen atoms in total. The van der Waals surface area contributed by atoms with Gasteiger partial charge in [0.2, 0.25) is 5.78 Å². The molecule has 0 N–H and O–H groups in total. The minimum Gasteiger partial charge on any atom is -0.466 e. The van der Waals surface area contributed by atoms with Crippen LogP contribution in [0.4, 0.5) is 4.39 Å². The molecular formula is C27H21FO4S. The first kappa shape index (κ1) is 22.4. The number of hydrogen-bond donors (Lipinski definition) is 0. The predicted octanol–water partition coefficient (Wildman–Crippen LogP) is 6.87. The third-order valence-corrected chi connectivity index (χ3v) is 6.14. The number of fused-ring (bicyclic) bond motifs is 1. The van der Waals surface area contributed by atoms with Gasteiger partial charge in [-0.25, -0.2) is 9.18 Å². The van der Waals surface area contributed by atoms with E-state index < -0.39 is 5.97 Å². The maximum atomic E-state index is 13.9. The highest BCUT2D eigenvalue weighted by atomic mass is 32.1. The zero-order chi connectivity index (χ0) is 23.5. The van der Waals surface area contributed by atoms with E-state index in [2.05, 4.69) is 4.74 Å². The SMILES string of the molecule is COC(=O)/C=C/c1ccc(Oc2c(C(=O)c3cc(C)cc(C)c3)sc3cc(F)ccc23)cc1. The molecule has 6 heteroatoms. The fourth-order valence-corrected chi connectivity index (χ4v) is 4.65. The number of rotatable bonds is 6. The number of hydrogen-bond acceptors (Lipinski definition) is 5. The van der Waals surface area contributed by atoms with Gasteiger partial charge in [-0.15, -0.1) is 11.3 Å². The van der Waals surface area contributed by atoms with Gasteiger partial charge in [-0.05, 0) is 68.0 Å². The molecule has 33 heavy (non-hydrogen) atoms. The van der Waals surface area contributed by atoms with Crippen molar-refractivity contribution in [2.45, 2.75) is 13.8 Å². The van der Waals surface area contributed by atoms with Crippen LogP contribution in [-0.4, -0.2) is 18.9 Å². The van der Waals surface area contributed by atoms with Crippen LogP contribution in [0.1, 0.15) is 31.9 Å². The predicted molar refractivity (Wildman–Crippen MR) is 129 cm³/mol. The summed E-state index contributed by atoms with van der Waals surface area (Å²) in [4.78, 5) is 25.1. The molecule has 0 atom stereocenters. The molecule has 0 amide bonds. The Balaban J connectivity index is 1.73. The van der Waals surface area contributed by atoms with Gasteiger partial charge in [0.15, 0.2) is 5.75 Å². The zero-order valence-electron chi connectivity index (χ0n) is 18.3. The molecular weight excluding hydrogens is 439 g/mol. The van der Waals surface area contributed by atoms with Crippen LogP contribution in [0.15, 0.2) is 66.7 Å². The van der Waals surface area contributed by atoms with Crippen molar-refractivity contribution in [3.05, 3.63) is 99.7 Å². The van der Waals surface area contributed by atoms with Crippen LogP contribution in [0.25, 0.3) is 16.2 Å². The summed E-state index contributed by atoms with van der Waals surface area (Å²) in [5.74, 6) is -0.0685. The number of aryl methyl sites for hydroxylation is 2. The summed E-state index contributed by atoms with van der Waals surface area (Å²) in [6.45, 7) is 3.88. The van der Waals surface area contributed by atoms with Crippen molar-refractivity contribution in [1.29, 1.82) is 0 Å². The summed E-state index contributed by atoms with van der Waals surface area (Å²) in [5, 5.41) is 0.670. The molecule has 0 bridgehead atoms. The zero-order valence-corrected chi connectivity index (χ0v) is 19.2. The van der Waals surface area contributed by atoms with Crippen molar-refractivity contribution < 1.29 is 23.5 Å². The second kappa shape index (κ2) is 9.38. The Morgan fingerprint density at radius 3 is 2.30 bits per heavy atom. The van der Waals surface area contributed by atoms with E-state index in [0.29, 0.717) is 32.0 Å². The molecule has 0 radical (unpaired) electrons. The standard InChI is InChI=1S/C27H21FO4S/c1-16-12-17(2)14-19(13-16)25(30)27-26(22-10-7-20(28)15-23(22)33-27)32-21-8-4-18(5-9-21)6-11-24(29)31-3/h4-15H,1-3H3/b11-6+. The summed E-state index contributed by atoms with van der Waals surface area (Å²) < 4.78 is 25.3. The fourth-order valence-electron chi connectivity index (χ4n) is 3.53. The molecule has 0 fully saturated rings. The van der Waals surface area contributed by atoms with Crippen molar-refractivity contribution >= 4 is 39.3 Å². The maximum absolute atomic E-state index is 13.9. The summed E-state index contributed by atoms with van der Waals surface area (Å²) in [6, 6.07) is 17.1. The molecule has 0 saturated carbocycles. The number of ketones is 1. The molecule has 0 saturated heterocycles. The Labute approximate surface area is 194 Å². The fraction of sp³-hybridized carbons (Fsp3) is 0.111. The van der Waals surface area contributed by atoms with Gasteiger partial charge < -0.3 is 9.47 Å². The number of halogens is 1. The lowest BCUT2D eigenvalue weighted by molar-refractivity contribution is -0.134. The minimum atomic E-state index is -0.443. The van der Waals surface area contributed by atoms with Gasteiger partial charge in [0.05, 0.1) is 7.11 Å². The van der Waals surface area contributed by atoms with Crippen LogP contribution in [0.3, 0.4) is 0 Å². The molecule has 0 unspecified atom stereocenters. The lowest BCUT2D eigenvalue weighted by Gasteiger charge is -2.09. The Morgan fingerprint density at radius 1 is 0.939 bits per heavy atom. The summed E-state index contributed by atoms with van der Waals surface area (Å²) in [7, 11) is 1.32. The number of ether oxygens (including phenoxy) is 2. The number of esters is 1. The maximum Gasteiger partial charge on any atom is 0.330 e. The molecule has 1 aromatic heterocycles. The summed E-state index contributed by atoms with van der Waals surface area (Å²) >= 11 is 1.21. The van der Waals surface area contributed by atoms with Gasteiger partial charge in [-0.3, -0.25) is 4.79 Å². The van der Waals surface area contributed by atoms with Crippen LogP contribution < -0.4 is 4.74 Å². The molecule has 0 aliphatic carbocycles. The van der Waals surface area contributed by atoms with Crippen molar-refractivity contribution in [2.24, 2.45) is 0 Å². The molecule has 0 aliphatic heterocycles. The Hall–Kier alpha value is -3.77. The van der Waals surface area contributed by atoms with Crippen LogP contribution in [0.5, 0.6) is 11.5 Å². The molecule has 4 aromatic rings. The average molecular weight is 461 g/mol. The largest absolute Gasteiger partial charge is 0.466 e. The first-order valence-corrected chi connectivity index (χ1v) is 11.0. The van der Waals surface area contributed by atoms with Gasteiger partial charge in [0.25, 0.3) is 0 Å². The van der Waals surface area contributed by atoms with E-state index in [1.165, 1.54) is 36.7 Å². The number of benzene rings is 3. The molecule has 0 aliphatic rings. The van der Waals surface area contributed by atoms with Gasteiger partial charge in [0.1, 0.15) is 16.4 Å². The highest BCUT2D eigenvalue weighted by molar-refractivity contribution is 7.21.